The molecule has 0 bridgehead atoms. The number of hydrogen-bond donors (Lipinski definition) is 1. The molecular weight excluding hydrogens is 480 g/mol. The van der Waals surface area contributed by atoms with Crippen molar-refractivity contribution in [3.8, 4) is 5.75 Å². The van der Waals surface area contributed by atoms with Crippen molar-refractivity contribution in [1.29, 1.82) is 0 Å². The Balaban J connectivity index is 2.21. The Morgan fingerprint density at radius 3 is 2.27 bits per heavy atom. The van der Waals surface area contributed by atoms with Crippen LogP contribution in [0, 0.1) is 6.92 Å². The predicted octanol–water partition coefficient (Wildman–Crippen LogP) is 5.77. The van der Waals surface area contributed by atoms with E-state index in [0.29, 0.717) is 12.3 Å². The summed E-state index contributed by atoms with van der Waals surface area (Å²) in [6.07, 6.45) is 0. The number of ether oxygens (including phenoxy) is 1. The van der Waals surface area contributed by atoms with Gasteiger partial charge in [-0.25, -0.2) is 0 Å². The van der Waals surface area contributed by atoms with Crippen LogP contribution in [0.2, 0.25) is 0 Å². The van der Waals surface area contributed by atoms with Crippen molar-refractivity contribution in [2.45, 2.75) is 78.9 Å². The number of carbonyl (C=O) groups is 2. The van der Waals surface area contributed by atoms with E-state index in [9.17, 15) is 9.59 Å². The Morgan fingerprint density at radius 1 is 1.06 bits per heavy atom. The molecule has 0 saturated carbocycles. The zero-order chi connectivity index (χ0) is 25.0. The molecule has 2 aromatic rings. The third kappa shape index (κ3) is 8.18. The minimum absolute atomic E-state index is 0.0112. The molecule has 0 fully saturated rings. The molecule has 1 atom stereocenters. The number of nitrogens with zero attached hydrogens (tertiary/aromatic N) is 1. The number of halogens is 1. The highest BCUT2D eigenvalue weighted by Gasteiger charge is 2.29. The van der Waals surface area contributed by atoms with E-state index in [1.807, 2.05) is 70.2 Å². The van der Waals surface area contributed by atoms with Crippen molar-refractivity contribution in [2.24, 2.45) is 0 Å². The Labute approximate surface area is 207 Å². The Hall–Kier alpha value is -2.34. The average molecular weight is 518 g/mol. The summed E-state index contributed by atoms with van der Waals surface area (Å²) in [7, 11) is 0. The standard InChI is InChI=1S/C27H37BrN2O3/c1-18-10-9-11-20(14-18)16-30(19(2)25(32)29-27(6,7)8)24(31)17-33-23-13-12-21(15-22(23)28)26(3,4)5/h9-15,19H,16-17H2,1-8H3,(H,29,32)/t19-/m1/s1. The van der Waals surface area contributed by atoms with Gasteiger partial charge in [0.05, 0.1) is 4.47 Å². The minimum atomic E-state index is -0.646. The number of amides is 2. The SMILES string of the molecule is Cc1cccc(CN(C(=O)COc2ccc(C(C)(C)C)cc2Br)[C@H](C)C(=O)NC(C)(C)C)c1. The molecule has 180 valence electrons. The van der Waals surface area contributed by atoms with E-state index in [4.69, 9.17) is 4.74 Å². The first kappa shape index (κ1) is 26.9. The maximum Gasteiger partial charge on any atom is 0.261 e. The topological polar surface area (TPSA) is 58.6 Å². The summed E-state index contributed by atoms with van der Waals surface area (Å²) in [5.74, 6) is 0.151. The van der Waals surface area contributed by atoms with Gasteiger partial charge in [-0.05, 0) is 79.2 Å². The van der Waals surface area contributed by atoms with Crippen LogP contribution >= 0.6 is 15.9 Å². The number of aryl methyl sites for hydroxylation is 1. The molecule has 2 rings (SSSR count). The summed E-state index contributed by atoms with van der Waals surface area (Å²) in [4.78, 5) is 27.7. The smallest absolute Gasteiger partial charge is 0.261 e. The Bertz CT molecular complexity index is 990. The first-order valence-corrected chi connectivity index (χ1v) is 12.1. The van der Waals surface area contributed by atoms with Crippen LogP contribution in [0.5, 0.6) is 5.75 Å². The lowest BCUT2D eigenvalue weighted by Crippen LogP contribution is -2.53. The molecule has 6 heteroatoms. The average Bonchev–Trinajstić information content (AvgIpc) is 2.68. The fraction of sp³-hybridized carbons (Fsp3) is 0.481. The molecule has 0 saturated heterocycles. The monoisotopic (exact) mass is 516 g/mol. The number of hydrogen-bond acceptors (Lipinski definition) is 3. The van der Waals surface area contributed by atoms with E-state index in [1.165, 1.54) is 5.56 Å². The summed E-state index contributed by atoms with van der Waals surface area (Å²) >= 11 is 3.56. The van der Waals surface area contributed by atoms with Gasteiger partial charge in [0.1, 0.15) is 11.8 Å². The molecule has 0 radical (unpaired) electrons. The molecule has 33 heavy (non-hydrogen) atoms. The third-order valence-electron chi connectivity index (χ3n) is 5.25. The largest absolute Gasteiger partial charge is 0.483 e. The molecule has 0 aliphatic carbocycles. The molecule has 0 unspecified atom stereocenters. The molecule has 0 heterocycles. The zero-order valence-corrected chi connectivity index (χ0v) is 22.7. The van der Waals surface area contributed by atoms with E-state index >= 15 is 0 Å². The fourth-order valence-corrected chi connectivity index (χ4v) is 3.86. The first-order chi connectivity index (χ1) is 15.2. The van der Waals surface area contributed by atoms with E-state index < -0.39 is 6.04 Å². The highest BCUT2D eigenvalue weighted by molar-refractivity contribution is 9.10. The summed E-state index contributed by atoms with van der Waals surface area (Å²) in [5, 5.41) is 2.97. The molecule has 2 aromatic carbocycles. The van der Waals surface area contributed by atoms with Crippen molar-refractivity contribution in [3.05, 3.63) is 63.6 Å². The first-order valence-electron chi connectivity index (χ1n) is 11.3. The molecular formula is C27H37BrN2O3. The minimum Gasteiger partial charge on any atom is -0.483 e. The van der Waals surface area contributed by atoms with Crippen LogP contribution in [0.1, 0.15) is 65.2 Å². The van der Waals surface area contributed by atoms with Crippen LogP contribution < -0.4 is 10.1 Å². The lowest BCUT2D eigenvalue weighted by molar-refractivity contribution is -0.142. The van der Waals surface area contributed by atoms with Crippen molar-refractivity contribution < 1.29 is 14.3 Å². The van der Waals surface area contributed by atoms with Crippen LogP contribution in [0.25, 0.3) is 0 Å². The van der Waals surface area contributed by atoms with Gasteiger partial charge in [-0.2, -0.15) is 0 Å². The van der Waals surface area contributed by atoms with Crippen LogP contribution in [-0.4, -0.2) is 34.9 Å². The fourth-order valence-electron chi connectivity index (χ4n) is 3.37. The van der Waals surface area contributed by atoms with Gasteiger partial charge in [0.25, 0.3) is 5.91 Å². The van der Waals surface area contributed by atoms with Gasteiger partial charge >= 0.3 is 0 Å². The summed E-state index contributed by atoms with van der Waals surface area (Å²) in [6, 6.07) is 13.2. The number of benzene rings is 2. The van der Waals surface area contributed by atoms with Crippen LogP contribution in [0.15, 0.2) is 46.9 Å². The molecule has 1 N–H and O–H groups in total. The predicted molar refractivity (Wildman–Crippen MR) is 137 cm³/mol. The van der Waals surface area contributed by atoms with Gasteiger partial charge in [-0.3, -0.25) is 9.59 Å². The second-order valence-electron chi connectivity index (χ2n) is 10.6. The second kappa shape index (κ2) is 10.7. The zero-order valence-electron chi connectivity index (χ0n) is 21.1. The molecule has 0 aliphatic heterocycles. The van der Waals surface area contributed by atoms with Crippen LogP contribution in [-0.2, 0) is 21.5 Å². The van der Waals surface area contributed by atoms with Crippen molar-refractivity contribution >= 4 is 27.7 Å². The van der Waals surface area contributed by atoms with Gasteiger partial charge in [0.15, 0.2) is 6.61 Å². The maximum atomic E-state index is 13.3. The number of nitrogens with one attached hydrogen (secondary N) is 1. The van der Waals surface area contributed by atoms with Crippen LogP contribution in [0.3, 0.4) is 0 Å². The van der Waals surface area contributed by atoms with Crippen molar-refractivity contribution in [2.75, 3.05) is 6.61 Å². The summed E-state index contributed by atoms with van der Waals surface area (Å²) in [6.45, 7) is 16.1. The molecule has 5 nitrogen and oxygen atoms in total. The molecule has 0 spiro atoms. The van der Waals surface area contributed by atoms with Gasteiger partial charge in [0, 0.05) is 12.1 Å². The lowest BCUT2D eigenvalue weighted by Gasteiger charge is -2.31. The summed E-state index contributed by atoms with van der Waals surface area (Å²) < 4.78 is 6.67. The third-order valence-corrected chi connectivity index (χ3v) is 5.87. The van der Waals surface area contributed by atoms with Gasteiger partial charge < -0.3 is 15.0 Å². The maximum absolute atomic E-state index is 13.3. The van der Waals surface area contributed by atoms with E-state index in [1.54, 1.807) is 11.8 Å². The van der Waals surface area contributed by atoms with Gasteiger partial charge in [-0.1, -0.05) is 56.7 Å². The highest BCUT2D eigenvalue weighted by atomic mass is 79.9. The van der Waals surface area contributed by atoms with Gasteiger partial charge in [0.2, 0.25) is 5.91 Å². The quantitative estimate of drug-likeness (QED) is 0.508. The normalized spacial score (nSPS) is 12.8. The van der Waals surface area contributed by atoms with Crippen molar-refractivity contribution in [3.63, 3.8) is 0 Å². The van der Waals surface area contributed by atoms with E-state index in [0.717, 1.165) is 15.6 Å². The molecule has 2 amide bonds. The second-order valence-corrected chi connectivity index (χ2v) is 11.5. The Morgan fingerprint density at radius 2 is 1.73 bits per heavy atom. The molecule has 0 aromatic heterocycles. The van der Waals surface area contributed by atoms with E-state index in [2.05, 4.69) is 42.0 Å². The van der Waals surface area contributed by atoms with Crippen LogP contribution in [0.4, 0.5) is 0 Å². The Kier molecular flexibility index (Phi) is 8.75. The lowest BCUT2D eigenvalue weighted by atomic mass is 9.87. The van der Waals surface area contributed by atoms with Crippen molar-refractivity contribution in [1.82, 2.24) is 10.2 Å². The highest BCUT2D eigenvalue weighted by Crippen LogP contribution is 2.31. The molecule has 0 aliphatic rings. The number of rotatable bonds is 7. The van der Waals surface area contributed by atoms with Gasteiger partial charge in [-0.15, -0.1) is 0 Å². The van der Waals surface area contributed by atoms with E-state index in [-0.39, 0.29) is 29.4 Å². The number of carbonyl (C=O) groups excluding carboxylic acids is 2. The summed E-state index contributed by atoms with van der Waals surface area (Å²) in [5.41, 5.74) is 2.86.